The van der Waals surface area contributed by atoms with Crippen molar-refractivity contribution in [2.45, 2.75) is 25.2 Å². The number of amides is 1. The Labute approximate surface area is 170 Å². The van der Waals surface area contributed by atoms with Gasteiger partial charge in [-0.15, -0.1) is 0 Å². The van der Waals surface area contributed by atoms with Gasteiger partial charge in [0.25, 0.3) is 5.91 Å². The number of hydrogen-bond acceptors (Lipinski definition) is 6. The molecular weight excluding hydrogens is 396 g/mol. The number of rotatable bonds is 5. The molecule has 0 radical (unpaired) electrons. The van der Waals surface area contributed by atoms with Crippen molar-refractivity contribution in [1.82, 2.24) is 19.4 Å². The van der Waals surface area contributed by atoms with Crippen molar-refractivity contribution < 1.29 is 22.7 Å². The number of methoxy groups -OCH3 is 2. The number of benzene rings is 1. The summed E-state index contributed by atoms with van der Waals surface area (Å²) in [6.45, 7) is 4.65. The van der Waals surface area contributed by atoms with Crippen LogP contribution in [0.4, 0.5) is 0 Å². The highest BCUT2D eigenvalue weighted by molar-refractivity contribution is 7.89. The third-order valence-electron chi connectivity index (χ3n) is 5.03. The normalized spacial score (nSPS) is 15.8. The van der Waals surface area contributed by atoms with Gasteiger partial charge in [0, 0.05) is 26.2 Å². The highest BCUT2D eigenvalue weighted by atomic mass is 32.2. The van der Waals surface area contributed by atoms with E-state index in [1.807, 2.05) is 0 Å². The number of carbonyl (C=O) groups is 1. The molecule has 0 bridgehead atoms. The first-order valence-electron chi connectivity index (χ1n) is 9.33. The largest absolute Gasteiger partial charge is 0.493 e. The van der Waals surface area contributed by atoms with Crippen molar-refractivity contribution in [3.8, 4) is 11.5 Å². The van der Waals surface area contributed by atoms with Crippen molar-refractivity contribution in [3.05, 3.63) is 35.2 Å². The fraction of sp³-hybridized carbons (Fsp3) is 0.474. The van der Waals surface area contributed by atoms with Crippen LogP contribution in [0.5, 0.6) is 11.5 Å². The molecule has 2 heterocycles. The minimum Gasteiger partial charge on any atom is -0.493 e. The molecule has 1 aliphatic heterocycles. The minimum atomic E-state index is -3.68. The number of aromatic amines is 1. The van der Waals surface area contributed by atoms with Crippen LogP contribution in [-0.2, 0) is 10.0 Å². The van der Waals surface area contributed by atoms with E-state index in [0.29, 0.717) is 48.0 Å². The SMILES string of the molecule is COc1cccc(C(=O)N2CCCN(S(=O)(=O)c3c(C)n[nH]c3C)CC2)c1OC. The molecule has 29 heavy (non-hydrogen) atoms. The van der Waals surface area contributed by atoms with E-state index < -0.39 is 10.0 Å². The molecule has 158 valence electrons. The van der Waals surface area contributed by atoms with Crippen LogP contribution >= 0.6 is 0 Å². The van der Waals surface area contributed by atoms with Gasteiger partial charge in [0.05, 0.1) is 31.2 Å². The standard InChI is InChI=1S/C19H26N4O5S/c1-13-18(14(2)21-20-13)29(25,26)23-10-6-9-22(11-12-23)19(24)15-7-5-8-16(27-3)17(15)28-4/h5,7-8H,6,9-12H2,1-4H3,(H,20,21). The van der Waals surface area contributed by atoms with E-state index >= 15 is 0 Å². The Hall–Kier alpha value is -2.59. The Balaban J connectivity index is 1.81. The van der Waals surface area contributed by atoms with Crippen molar-refractivity contribution in [2.24, 2.45) is 0 Å². The maximum Gasteiger partial charge on any atom is 0.257 e. The number of nitrogens with zero attached hydrogens (tertiary/aromatic N) is 3. The summed E-state index contributed by atoms with van der Waals surface area (Å²) in [5.74, 6) is 0.636. The van der Waals surface area contributed by atoms with Crippen LogP contribution in [0.15, 0.2) is 23.1 Å². The molecule has 3 rings (SSSR count). The van der Waals surface area contributed by atoms with Crippen molar-refractivity contribution in [2.75, 3.05) is 40.4 Å². The average Bonchev–Trinajstić information content (AvgIpc) is 2.91. The Morgan fingerprint density at radius 1 is 1.10 bits per heavy atom. The zero-order valence-corrected chi connectivity index (χ0v) is 17.9. The maximum atomic E-state index is 13.1. The zero-order valence-electron chi connectivity index (χ0n) is 17.1. The number of carbonyl (C=O) groups excluding carboxylic acids is 1. The molecule has 0 aliphatic carbocycles. The lowest BCUT2D eigenvalue weighted by atomic mass is 10.1. The second-order valence-corrected chi connectivity index (χ2v) is 8.73. The second kappa shape index (κ2) is 8.42. The smallest absolute Gasteiger partial charge is 0.257 e. The van der Waals surface area contributed by atoms with E-state index in [0.717, 1.165) is 0 Å². The van der Waals surface area contributed by atoms with E-state index in [2.05, 4.69) is 10.2 Å². The molecule has 9 nitrogen and oxygen atoms in total. The highest BCUT2D eigenvalue weighted by Crippen LogP contribution is 2.32. The molecule has 1 aromatic heterocycles. The van der Waals surface area contributed by atoms with Gasteiger partial charge in [0.15, 0.2) is 11.5 Å². The molecule has 0 unspecified atom stereocenters. The third-order valence-corrected chi connectivity index (χ3v) is 7.20. The monoisotopic (exact) mass is 422 g/mol. The molecule has 1 aliphatic rings. The van der Waals surface area contributed by atoms with E-state index in [9.17, 15) is 13.2 Å². The van der Waals surface area contributed by atoms with Gasteiger partial charge in [-0.3, -0.25) is 9.89 Å². The molecule has 0 atom stereocenters. The van der Waals surface area contributed by atoms with Gasteiger partial charge in [-0.05, 0) is 32.4 Å². The lowest BCUT2D eigenvalue weighted by molar-refractivity contribution is 0.0760. The lowest BCUT2D eigenvalue weighted by Crippen LogP contribution is -2.37. The number of ether oxygens (including phenoxy) is 2. The number of sulfonamides is 1. The van der Waals surface area contributed by atoms with Crippen LogP contribution < -0.4 is 9.47 Å². The number of aryl methyl sites for hydroxylation is 2. The summed E-state index contributed by atoms with van der Waals surface area (Å²) < 4.78 is 38.3. The van der Waals surface area contributed by atoms with E-state index in [4.69, 9.17) is 9.47 Å². The van der Waals surface area contributed by atoms with Crippen molar-refractivity contribution >= 4 is 15.9 Å². The number of H-pyrrole nitrogens is 1. The van der Waals surface area contributed by atoms with Gasteiger partial charge >= 0.3 is 0 Å². The molecular formula is C19H26N4O5S. The van der Waals surface area contributed by atoms with Gasteiger partial charge < -0.3 is 14.4 Å². The second-order valence-electron chi connectivity index (χ2n) is 6.85. The van der Waals surface area contributed by atoms with Gasteiger partial charge in [-0.25, -0.2) is 8.42 Å². The molecule has 1 aromatic carbocycles. The first-order chi connectivity index (χ1) is 13.8. The molecule has 1 fully saturated rings. The third kappa shape index (κ3) is 3.95. The first kappa shape index (κ1) is 21.1. The van der Waals surface area contributed by atoms with Crippen LogP contribution in [-0.4, -0.2) is 74.1 Å². The highest BCUT2D eigenvalue weighted by Gasteiger charge is 2.32. The Morgan fingerprint density at radius 2 is 1.86 bits per heavy atom. The predicted octanol–water partition coefficient (Wildman–Crippen LogP) is 1.58. The Bertz CT molecular complexity index is 983. The predicted molar refractivity (Wildman–Crippen MR) is 107 cm³/mol. The van der Waals surface area contributed by atoms with Crippen LogP contribution in [0.2, 0.25) is 0 Å². The fourth-order valence-electron chi connectivity index (χ4n) is 3.61. The Morgan fingerprint density at radius 3 is 2.48 bits per heavy atom. The van der Waals surface area contributed by atoms with E-state index in [1.54, 1.807) is 36.9 Å². The fourth-order valence-corrected chi connectivity index (χ4v) is 5.41. The topological polar surface area (TPSA) is 105 Å². The molecule has 1 saturated heterocycles. The van der Waals surface area contributed by atoms with Crippen molar-refractivity contribution in [3.63, 3.8) is 0 Å². The van der Waals surface area contributed by atoms with E-state index in [-0.39, 0.29) is 23.9 Å². The summed E-state index contributed by atoms with van der Waals surface area (Å²) in [5.41, 5.74) is 1.35. The summed E-state index contributed by atoms with van der Waals surface area (Å²) in [5, 5.41) is 6.72. The van der Waals surface area contributed by atoms with Crippen LogP contribution in [0, 0.1) is 13.8 Å². The zero-order chi connectivity index (χ0) is 21.2. The molecule has 0 spiro atoms. The summed E-state index contributed by atoms with van der Waals surface area (Å²) in [6, 6.07) is 5.14. The molecule has 0 saturated carbocycles. The molecule has 2 aromatic rings. The van der Waals surface area contributed by atoms with Gasteiger partial charge in [0.2, 0.25) is 10.0 Å². The number of aromatic nitrogens is 2. The summed E-state index contributed by atoms with van der Waals surface area (Å²) in [7, 11) is -0.682. The minimum absolute atomic E-state index is 0.212. The van der Waals surface area contributed by atoms with Gasteiger partial charge in [-0.2, -0.15) is 9.40 Å². The lowest BCUT2D eigenvalue weighted by Gasteiger charge is -2.23. The van der Waals surface area contributed by atoms with Crippen molar-refractivity contribution in [1.29, 1.82) is 0 Å². The Kier molecular flexibility index (Phi) is 6.13. The van der Waals surface area contributed by atoms with Crippen LogP contribution in [0.1, 0.15) is 28.2 Å². The first-order valence-corrected chi connectivity index (χ1v) is 10.8. The number of hydrogen-bond donors (Lipinski definition) is 1. The van der Waals surface area contributed by atoms with Crippen LogP contribution in [0.25, 0.3) is 0 Å². The quantitative estimate of drug-likeness (QED) is 0.784. The van der Waals surface area contributed by atoms with Gasteiger partial charge in [-0.1, -0.05) is 6.07 Å². The average molecular weight is 423 g/mol. The summed E-state index contributed by atoms with van der Waals surface area (Å²) in [6.07, 6.45) is 0.535. The van der Waals surface area contributed by atoms with Crippen LogP contribution in [0.3, 0.4) is 0 Å². The summed E-state index contributed by atoms with van der Waals surface area (Å²) >= 11 is 0. The van der Waals surface area contributed by atoms with Gasteiger partial charge in [0.1, 0.15) is 4.90 Å². The maximum absolute atomic E-state index is 13.1. The molecule has 10 heteroatoms. The summed E-state index contributed by atoms with van der Waals surface area (Å²) in [4.78, 5) is 15.0. The molecule has 1 amide bonds. The van der Waals surface area contributed by atoms with E-state index in [1.165, 1.54) is 18.5 Å². The molecule has 1 N–H and O–H groups in total. The number of nitrogens with one attached hydrogen (secondary N) is 1. The number of para-hydroxylation sites is 1.